The highest BCUT2D eigenvalue weighted by molar-refractivity contribution is 6.32. The molecule has 0 saturated carbocycles. The number of hydrogen-bond donors (Lipinski definition) is 1. The fourth-order valence-electron chi connectivity index (χ4n) is 1.81. The van der Waals surface area contributed by atoms with Crippen LogP contribution in [0.4, 0.5) is 11.4 Å². The maximum Gasteiger partial charge on any atom is 0.228 e. The Morgan fingerprint density at radius 2 is 2.19 bits per heavy atom. The van der Waals surface area contributed by atoms with Crippen molar-refractivity contribution < 1.29 is 4.79 Å². The van der Waals surface area contributed by atoms with Gasteiger partial charge in [-0.3, -0.25) is 4.79 Å². The van der Waals surface area contributed by atoms with Crippen LogP contribution >= 0.6 is 23.2 Å². The molecular formula is C11H12Cl2N2O. The number of rotatable bonds is 1. The van der Waals surface area contributed by atoms with Crippen LogP contribution in [0, 0.1) is 6.92 Å². The molecule has 1 amide bonds. The zero-order valence-corrected chi connectivity index (χ0v) is 10.3. The van der Waals surface area contributed by atoms with E-state index in [0.29, 0.717) is 29.4 Å². The number of benzene rings is 1. The summed E-state index contributed by atoms with van der Waals surface area (Å²) >= 11 is 11.9. The van der Waals surface area contributed by atoms with Crippen LogP contribution in [0.2, 0.25) is 5.02 Å². The topological polar surface area (TPSA) is 46.3 Å². The first-order valence-electron chi connectivity index (χ1n) is 4.99. The average Bonchev–Trinajstić information content (AvgIpc) is 2.51. The van der Waals surface area contributed by atoms with Gasteiger partial charge in [0.15, 0.2) is 0 Å². The van der Waals surface area contributed by atoms with E-state index in [9.17, 15) is 4.79 Å². The van der Waals surface area contributed by atoms with Crippen molar-refractivity contribution in [1.82, 2.24) is 0 Å². The Labute approximate surface area is 104 Å². The molecular weight excluding hydrogens is 247 g/mol. The number of nitrogens with two attached hydrogens (primary N) is 1. The lowest BCUT2D eigenvalue weighted by Gasteiger charge is -2.19. The van der Waals surface area contributed by atoms with E-state index in [1.54, 1.807) is 11.0 Å². The van der Waals surface area contributed by atoms with Gasteiger partial charge in [-0.2, -0.15) is 0 Å². The van der Waals surface area contributed by atoms with E-state index in [0.717, 1.165) is 5.56 Å². The summed E-state index contributed by atoms with van der Waals surface area (Å²) < 4.78 is 0. The SMILES string of the molecule is Cc1cc(N2CC(Cl)CC2=O)c(N)cc1Cl. The molecule has 1 aliphatic heterocycles. The minimum absolute atomic E-state index is 0.00780. The molecule has 3 nitrogen and oxygen atoms in total. The smallest absolute Gasteiger partial charge is 0.228 e. The molecule has 0 radical (unpaired) electrons. The maximum atomic E-state index is 11.7. The van der Waals surface area contributed by atoms with E-state index < -0.39 is 0 Å². The number of alkyl halides is 1. The predicted molar refractivity (Wildman–Crippen MR) is 67.2 cm³/mol. The van der Waals surface area contributed by atoms with Crippen LogP contribution in [-0.4, -0.2) is 17.8 Å². The third kappa shape index (κ3) is 1.97. The normalized spacial score (nSPS) is 20.6. The first kappa shape index (κ1) is 11.6. The molecule has 86 valence electrons. The molecule has 1 saturated heterocycles. The van der Waals surface area contributed by atoms with E-state index in [-0.39, 0.29) is 11.3 Å². The lowest BCUT2D eigenvalue weighted by Crippen LogP contribution is -2.25. The highest BCUT2D eigenvalue weighted by Crippen LogP contribution is 2.33. The van der Waals surface area contributed by atoms with E-state index in [4.69, 9.17) is 28.9 Å². The van der Waals surface area contributed by atoms with Gasteiger partial charge in [0.05, 0.1) is 16.8 Å². The highest BCUT2D eigenvalue weighted by Gasteiger charge is 2.30. The zero-order chi connectivity index (χ0) is 11.9. The number of nitrogens with zero attached hydrogens (tertiary/aromatic N) is 1. The lowest BCUT2D eigenvalue weighted by atomic mass is 10.2. The van der Waals surface area contributed by atoms with Crippen LogP contribution in [0.3, 0.4) is 0 Å². The second-order valence-electron chi connectivity index (χ2n) is 3.97. The minimum atomic E-state index is -0.136. The first-order chi connectivity index (χ1) is 7.49. The monoisotopic (exact) mass is 258 g/mol. The van der Waals surface area contributed by atoms with Crippen molar-refractivity contribution in [2.75, 3.05) is 17.2 Å². The molecule has 0 spiro atoms. The Morgan fingerprint density at radius 3 is 2.75 bits per heavy atom. The first-order valence-corrected chi connectivity index (χ1v) is 5.80. The van der Waals surface area contributed by atoms with Crippen molar-refractivity contribution in [3.63, 3.8) is 0 Å². The molecule has 1 aliphatic rings. The summed E-state index contributed by atoms with van der Waals surface area (Å²) in [7, 11) is 0. The number of hydrogen-bond acceptors (Lipinski definition) is 2. The van der Waals surface area contributed by atoms with Gasteiger partial charge in [0.1, 0.15) is 0 Å². The van der Waals surface area contributed by atoms with Crippen molar-refractivity contribution in [2.24, 2.45) is 0 Å². The number of aryl methyl sites for hydroxylation is 1. The summed E-state index contributed by atoms with van der Waals surface area (Å²) in [5.74, 6) is 0.00780. The van der Waals surface area contributed by atoms with Gasteiger partial charge in [0, 0.05) is 18.0 Å². The molecule has 16 heavy (non-hydrogen) atoms. The third-order valence-corrected chi connectivity index (χ3v) is 3.38. The Bertz CT molecular complexity index is 448. The van der Waals surface area contributed by atoms with E-state index in [1.165, 1.54) is 0 Å². The van der Waals surface area contributed by atoms with Gasteiger partial charge >= 0.3 is 0 Å². The van der Waals surface area contributed by atoms with Gasteiger partial charge in [-0.05, 0) is 24.6 Å². The standard InChI is InChI=1S/C11H12Cl2N2O/c1-6-2-10(9(14)4-8(6)13)15-5-7(12)3-11(15)16/h2,4,7H,3,5,14H2,1H3. The van der Waals surface area contributed by atoms with E-state index >= 15 is 0 Å². The van der Waals surface area contributed by atoms with Crippen LogP contribution in [0.1, 0.15) is 12.0 Å². The Kier molecular flexibility index (Phi) is 3.00. The Balaban J connectivity index is 2.41. The van der Waals surface area contributed by atoms with E-state index in [2.05, 4.69) is 0 Å². The minimum Gasteiger partial charge on any atom is -0.397 e. The molecule has 1 fully saturated rings. The van der Waals surface area contributed by atoms with E-state index in [1.807, 2.05) is 13.0 Å². The number of carbonyl (C=O) groups is 1. The summed E-state index contributed by atoms with van der Waals surface area (Å²) in [6.07, 6.45) is 0.364. The molecule has 1 heterocycles. The quantitative estimate of drug-likeness (QED) is 0.622. The molecule has 0 bridgehead atoms. The second kappa shape index (κ2) is 4.15. The fraction of sp³-hybridized carbons (Fsp3) is 0.364. The number of nitrogen functional groups attached to an aromatic ring is 1. The second-order valence-corrected chi connectivity index (χ2v) is 4.99. The summed E-state index contributed by atoms with van der Waals surface area (Å²) in [6.45, 7) is 2.38. The third-order valence-electron chi connectivity index (χ3n) is 2.68. The van der Waals surface area contributed by atoms with Crippen LogP contribution in [0.15, 0.2) is 12.1 Å². The summed E-state index contributed by atoms with van der Waals surface area (Å²) in [4.78, 5) is 13.3. The largest absolute Gasteiger partial charge is 0.397 e. The highest BCUT2D eigenvalue weighted by atomic mass is 35.5. The Hall–Kier alpha value is -0.930. The molecule has 2 N–H and O–H groups in total. The maximum absolute atomic E-state index is 11.7. The molecule has 0 aromatic heterocycles. The van der Waals surface area contributed by atoms with Crippen LogP contribution in [0.5, 0.6) is 0 Å². The molecule has 1 atom stereocenters. The van der Waals surface area contributed by atoms with Crippen molar-refractivity contribution in [3.05, 3.63) is 22.7 Å². The average molecular weight is 259 g/mol. The number of carbonyl (C=O) groups excluding carboxylic acids is 1. The molecule has 1 aromatic carbocycles. The van der Waals surface area contributed by atoms with Crippen molar-refractivity contribution in [1.29, 1.82) is 0 Å². The number of amides is 1. The Morgan fingerprint density at radius 1 is 1.50 bits per heavy atom. The molecule has 2 rings (SSSR count). The van der Waals surface area contributed by atoms with Crippen molar-refractivity contribution in [2.45, 2.75) is 18.7 Å². The number of anilines is 2. The van der Waals surface area contributed by atoms with Gasteiger partial charge in [-0.25, -0.2) is 0 Å². The summed E-state index contributed by atoms with van der Waals surface area (Å²) in [6, 6.07) is 3.49. The summed E-state index contributed by atoms with van der Waals surface area (Å²) in [5.41, 5.74) is 7.97. The van der Waals surface area contributed by atoms with Gasteiger partial charge in [-0.1, -0.05) is 11.6 Å². The number of halogens is 2. The lowest BCUT2D eigenvalue weighted by molar-refractivity contribution is -0.117. The zero-order valence-electron chi connectivity index (χ0n) is 8.84. The van der Waals surface area contributed by atoms with Gasteiger partial charge in [-0.15, -0.1) is 11.6 Å². The molecule has 0 aliphatic carbocycles. The molecule has 1 unspecified atom stereocenters. The van der Waals surface area contributed by atoms with Gasteiger partial charge in [0.2, 0.25) is 5.91 Å². The van der Waals surface area contributed by atoms with Gasteiger partial charge < -0.3 is 10.6 Å². The predicted octanol–water partition coefficient (Wildman–Crippen LogP) is 2.57. The fourth-order valence-corrected chi connectivity index (χ4v) is 2.25. The molecule has 1 aromatic rings. The van der Waals surface area contributed by atoms with Gasteiger partial charge in [0.25, 0.3) is 0 Å². The summed E-state index contributed by atoms with van der Waals surface area (Å²) in [5, 5.41) is 0.471. The van der Waals surface area contributed by atoms with Crippen LogP contribution < -0.4 is 10.6 Å². The van der Waals surface area contributed by atoms with Crippen LogP contribution in [-0.2, 0) is 4.79 Å². The van der Waals surface area contributed by atoms with Crippen molar-refractivity contribution >= 4 is 40.5 Å². The van der Waals surface area contributed by atoms with Crippen LogP contribution in [0.25, 0.3) is 0 Å². The molecule has 5 heteroatoms. The van der Waals surface area contributed by atoms with Crippen molar-refractivity contribution in [3.8, 4) is 0 Å².